The van der Waals surface area contributed by atoms with Crippen molar-refractivity contribution in [2.75, 3.05) is 19.6 Å². The first-order chi connectivity index (χ1) is 4.93. The molecule has 0 saturated carbocycles. The van der Waals surface area contributed by atoms with Crippen molar-refractivity contribution in [1.29, 1.82) is 0 Å². The van der Waals surface area contributed by atoms with Crippen LogP contribution in [0.4, 0.5) is 0 Å². The van der Waals surface area contributed by atoms with E-state index in [2.05, 4.69) is 0 Å². The average molecular weight is 181 g/mol. The highest BCUT2D eigenvalue weighted by molar-refractivity contribution is 7.83. The van der Waals surface area contributed by atoms with Crippen molar-refractivity contribution >= 4 is 10.2 Å². The third-order valence-corrected chi connectivity index (χ3v) is 4.12. The molecule has 0 aromatic rings. The molecule has 0 amide bonds. The lowest BCUT2D eigenvalue weighted by Gasteiger charge is -2.31. The molecule has 0 atom stereocenters. The Labute approximate surface area is 68.8 Å². The fourth-order valence-corrected chi connectivity index (χ4v) is 2.29. The van der Waals surface area contributed by atoms with Crippen LogP contribution < -0.4 is 5.14 Å². The Morgan fingerprint density at radius 1 is 1.09 bits per heavy atom. The summed E-state index contributed by atoms with van der Waals surface area (Å²) >= 11 is 0. The molecule has 0 spiro atoms. The molecule has 4 nitrogen and oxygen atoms in total. The Kier molecular flexibility index (Phi) is 3.47. The lowest BCUT2D eigenvalue weighted by atomic mass is 10.5. The fourth-order valence-electron chi connectivity index (χ4n) is 1.21. The zero-order chi connectivity index (χ0) is 9.12. The maximum Gasteiger partial charge on any atom is 0.367 e. The summed E-state index contributed by atoms with van der Waals surface area (Å²) in [7, 11) is -3.44. The minimum Gasteiger partial charge on any atom is -0.206 e. The molecule has 0 aromatic heterocycles. The van der Waals surface area contributed by atoms with Crippen molar-refractivity contribution in [3.05, 3.63) is 0 Å². The molecule has 0 radical (unpaired) electrons. The molecule has 2 N–H and O–H groups in total. The van der Waals surface area contributed by atoms with Crippen LogP contribution in [0.3, 0.4) is 0 Å². The maximum absolute atomic E-state index is 11.1. The van der Waals surface area contributed by atoms with Crippen LogP contribution in [0.1, 0.15) is 20.8 Å². The lowest BCUT2D eigenvalue weighted by Crippen LogP contribution is -2.55. The molecule has 0 bridgehead atoms. The summed E-state index contributed by atoms with van der Waals surface area (Å²) in [4.78, 5) is 0. The number of nitrogens with zero attached hydrogens (tertiary/aromatic N) is 1. The van der Waals surface area contributed by atoms with Crippen molar-refractivity contribution in [2.24, 2.45) is 5.14 Å². The first-order valence-electron chi connectivity index (χ1n) is 3.82. The van der Waals surface area contributed by atoms with Gasteiger partial charge in [0.25, 0.3) is 0 Å². The van der Waals surface area contributed by atoms with Crippen molar-refractivity contribution in [1.82, 2.24) is 0 Å². The summed E-state index contributed by atoms with van der Waals surface area (Å²) in [5, 5.41) is 5.09. The first kappa shape index (κ1) is 10.9. The predicted octanol–water partition coefficient (Wildman–Crippen LogP) is 0.0664. The minimum absolute atomic E-state index is 0.0208. The number of quaternary nitrogens is 1. The lowest BCUT2D eigenvalue weighted by molar-refractivity contribution is -0.800. The van der Waals surface area contributed by atoms with E-state index in [4.69, 9.17) is 5.14 Å². The maximum atomic E-state index is 11.1. The zero-order valence-electron chi connectivity index (χ0n) is 7.37. The van der Waals surface area contributed by atoms with Gasteiger partial charge in [-0.25, -0.2) is 3.89 Å². The highest BCUT2D eigenvalue weighted by Gasteiger charge is 2.33. The zero-order valence-corrected chi connectivity index (χ0v) is 8.19. The summed E-state index contributed by atoms with van der Waals surface area (Å²) in [6.07, 6.45) is 0. The molecule has 0 rings (SSSR count). The molecule has 0 aliphatic rings. The molecule has 5 heteroatoms. The topological polar surface area (TPSA) is 60.2 Å². The third kappa shape index (κ3) is 1.91. The van der Waals surface area contributed by atoms with Gasteiger partial charge in [-0.15, -0.1) is 0 Å². The Hall–Kier alpha value is -0.130. The number of rotatable bonds is 4. The molecular weight excluding hydrogens is 164 g/mol. The van der Waals surface area contributed by atoms with Crippen LogP contribution in [0.2, 0.25) is 0 Å². The van der Waals surface area contributed by atoms with E-state index in [-0.39, 0.29) is 3.89 Å². The molecule has 0 saturated heterocycles. The molecule has 0 aromatic carbocycles. The summed E-state index contributed by atoms with van der Waals surface area (Å²) < 4.78 is 22.2. The van der Waals surface area contributed by atoms with Crippen LogP contribution in [-0.2, 0) is 10.2 Å². The molecule has 0 aliphatic heterocycles. The highest BCUT2D eigenvalue weighted by atomic mass is 32.2. The predicted molar refractivity (Wildman–Crippen MR) is 45.0 cm³/mol. The molecule has 0 heterocycles. The second-order valence-corrected chi connectivity index (χ2v) is 4.33. The Balaban J connectivity index is 4.86. The average Bonchev–Trinajstić information content (AvgIpc) is 1.90. The minimum atomic E-state index is -3.44. The number of nitrogens with two attached hydrogens (primary N) is 1. The SMILES string of the molecule is CC[N+](CC)(CC)S(N)(=O)=O. The van der Waals surface area contributed by atoms with E-state index in [0.717, 1.165) is 0 Å². The van der Waals surface area contributed by atoms with Gasteiger partial charge in [-0.05, 0) is 20.8 Å². The second-order valence-electron chi connectivity index (χ2n) is 2.52. The third-order valence-electron chi connectivity index (χ3n) is 2.27. The molecule has 0 unspecified atom stereocenters. The van der Waals surface area contributed by atoms with Gasteiger partial charge in [-0.2, -0.15) is 13.6 Å². The first-order valence-corrected chi connectivity index (χ1v) is 5.32. The van der Waals surface area contributed by atoms with Gasteiger partial charge in [0.05, 0.1) is 19.6 Å². The molecular formula is C6H17N2O2S+. The van der Waals surface area contributed by atoms with E-state index in [0.29, 0.717) is 19.6 Å². The van der Waals surface area contributed by atoms with E-state index in [1.165, 1.54) is 0 Å². The van der Waals surface area contributed by atoms with Crippen molar-refractivity contribution in [3.63, 3.8) is 0 Å². The number of hydrogen-bond acceptors (Lipinski definition) is 2. The van der Waals surface area contributed by atoms with Gasteiger partial charge >= 0.3 is 10.2 Å². The van der Waals surface area contributed by atoms with Gasteiger partial charge in [0.2, 0.25) is 0 Å². The smallest absolute Gasteiger partial charge is 0.206 e. The number of hydrogen-bond donors (Lipinski definition) is 1. The standard InChI is InChI=1S/C6H17N2O2S/c1-4-8(5-2,6-3)11(7,9)10/h4-6H2,1-3H3,(H2,7,9,10)/q+1. The summed E-state index contributed by atoms with van der Waals surface area (Å²) in [6, 6.07) is 0. The van der Waals surface area contributed by atoms with Gasteiger partial charge in [0, 0.05) is 0 Å². The molecule has 68 valence electrons. The molecule has 0 fully saturated rings. The van der Waals surface area contributed by atoms with Crippen LogP contribution in [0.15, 0.2) is 0 Å². The largest absolute Gasteiger partial charge is 0.367 e. The van der Waals surface area contributed by atoms with Crippen LogP contribution >= 0.6 is 0 Å². The van der Waals surface area contributed by atoms with Gasteiger partial charge in [0.15, 0.2) is 0 Å². The monoisotopic (exact) mass is 181 g/mol. The van der Waals surface area contributed by atoms with Crippen molar-refractivity contribution in [3.8, 4) is 0 Å². The van der Waals surface area contributed by atoms with E-state index in [9.17, 15) is 8.42 Å². The van der Waals surface area contributed by atoms with E-state index >= 15 is 0 Å². The molecule has 0 aliphatic carbocycles. The van der Waals surface area contributed by atoms with Crippen LogP contribution in [0.5, 0.6) is 0 Å². The van der Waals surface area contributed by atoms with Gasteiger partial charge in [-0.1, -0.05) is 0 Å². The van der Waals surface area contributed by atoms with Crippen LogP contribution in [-0.4, -0.2) is 31.9 Å². The van der Waals surface area contributed by atoms with Crippen molar-refractivity contribution < 1.29 is 12.3 Å². The molecule has 11 heavy (non-hydrogen) atoms. The highest BCUT2D eigenvalue weighted by Crippen LogP contribution is 2.09. The van der Waals surface area contributed by atoms with E-state index in [1.54, 1.807) is 0 Å². The van der Waals surface area contributed by atoms with Crippen LogP contribution in [0, 0.1) is 0 Å². The second kappa shape index (κ2) is 3.51. The van der Waals surface area contributed by atoms with E-state index < -0.39 is 10.2 Å². The summed E-state index contributed by atoms with van der Waals surface area (Å²) in [5.74, 6) is 0. The Morgan fingerprint density at radius 2 is 1.36 bits per heavy atom. The van der Waals surface area contributed by atoms with Crippen LogP contribution in [0.25, 0.3) is 0 Å². The van der Waals surface area contributed by atoms with E-state index in [1.807, 2.05) is 20.8 Å². The fraction of sp³-hybridized carbons (Fsp3) is 1.00. The summed E-state index contributed by atoms with van der Waals surface area (Å²) in [6.45, 7) is 7.09. The van der Waals surface area contributed by atoms with Gasteiger partial charge < -0.3 is 0 Å². The van der Waals surface area contributed by atoms with Gasteiger partial charge in [0.1, 0.15) is 0 Å². The van der Waals surface area contributed by atoms with Crippen molar-refractivity contribution in [2.45, 2.75) is 20.8 Å². The Morgan fingerprint density at radius 3 is 1.36 bits per heavy atom. The summed E-state index contributed by atoms with van der Waals surface area (Å²) in [5.41, 5.74) is 0. The Bertz CT molecular complexity index is 198. The van der Waals surface area contributed by atoms with Gasteiger partial charge in [-0.3, -0.25) is 0 Å². The normalized spacial score (nSPS) is 13.5. The quantitative estimate of drug-likeness (QED) is 0.624.